The predicted octanol–water partition coefficient (Wildman–Crippen LogP) is 3.29. The Morgan fingerprint density at radius 1 is 1.13 bits per heavy atom. The minimum absolute atomic E-state index is 0.1000. The summed E-state index contributed by atoms with van der Waals surface area (Å²) in [4.78, 5) is 17.6. The molecule has 1 aromatic carbocycles. The van der Waals surface area contributed by atoms with E-state index in [1.54, 1.807) is 12.1 Å². The second kappa shape index (κ2) is 6.76. The molecule has 4 nitrogen and oxygen atoms in total. The van der Waals surface area contributed by atoms with E-state index in [1.165, 1.54) is 18.5 Å². The van der Waals surface area contributed by atoms with Gasteiger partial charge in [0, 0.05) is 38.7 Å². The molecule has 0 aliphatic rings. The lowest BCUT2D eigenvalue weighted by atomic mass is 10.1. The number of hydrogen-bond acceptors (Lipinski definition) is 2. The van der Waals surface area contributed by atoms with Crippen LogP contribution in [-0.4, -0.2) is 42.6 Å². The second-order valence-corrected chi connectivity index (χ2v) is 5.44. The Balaban J connectivity index is 2.18. The van der Waals surface area contributed by atoms with Crippen molar-refractivity contribution in [2.24, 2.45) is 0 Å². The quantitative estimate of drug-likeness (QED) is 0.916. The van der Waals surface area contributed by atoms with E-state index in [1.807, 2.05) is 31.1 Å². The molecule has 1 amide bonds. The average Bonchev–Trinajstić information content (AvgIpc) is 2.99. The van der Waals surface area contributed by atoms with Gasteiger partial charge in [0.25, 0.3) is 5.91 Å². The maximum Gasteiger partial charge on any atom is 0.406 e. The fourth-order valence-electron chi connectivity index (χ4n) is 2.18. The third kappa shape index (κ3) is 4.77. The highest BCUT2D eigenvalue weighted by molar-refractivity contribution is 5.94. The molecule has 0 unspecified atom stereocenters. The molecule has 2 aromatic rings. The van der Waals surface area contributed by atoms with Crippen LogP contribution in [0.1, 0.15) is 15.9 Å². The number of alkyl halides is 3. The van der Waals surface area contributed by atoms with Crippen molar-refractivity contribution in [3.8, 4) is 0 Å². The maximum atomic E-state index is 12.8. The minimum atomic E-state index is -4.45. The number of aromatic nitrogens is 1. The van der Waals surface area contributed by atoms with Gasteiger partial charge in [0.2, 0.25) is 0 Å². The maximum absolute atomic E-state index is 12.8. The van der Waals surface area contributed by atoms with Gasteiger partial charge in [0.05, 0.1) is 5.56 Å². The summed E-state index contributed by atoms with van der Waals surface area (Å²) in [6, 6.07) is 8.52. The number of carbonyl (C=O) groups excluding carboxylic acids is 1. The molecule has 0 aliphatic heterocycles. The summed E-state index contributed by atoms with van der Waals surface area (Å²) in [5, 5.41) is 0. The van der Waals surface area contributed by atoms with E-state index < -0.39 is 18.6 Å². The Morgan fingerprint density at radius 2 is 1.78 bits per heavy atom. The minimum Gasteiger partial charge on any atom is -0.378 e. The molecular weight excluding hydrogens is 307 g/mol. The Labute approximate surface area is 132 Å². The van der Waals surface area contributed by atoms with Crippen LogP contribution in [0.3, 0.4) is 0 Å². The fraction of sp³-hybridized carbons (Fsp3) is 0.312. The van der Waals surface area contributed by atoms with Crippen LogP contribution in [-0.2, 0) is 6.54 Å². The third-order valence-electron chi connectivity index (χ3n) is 3.33. The monoisotopic (exact) mass is 325 g/mol. The van der Waals surface area contributed by atoms with Gasteiger partial charge in [-0.05, 0) is 23.8 Å². The molecule has 23 heavy (non-hydrogen) atoms. The molecule has 0 saturated carbocycles. The highest BCUT2D eigenvalue weighted by Crippen LogP contribution is 2.21. The SMILES string of the molecule is CN(C)c1ccc(CN(CC(F)(F)F)C(=O)c2cc[nH]c2)cc1. The molecule has 124 valence electrons. The first-order chi connectivity index (χ1) is 10.8. The number of hydrogen-bond donors (Lipinski definition) is 1. The standard InChI is InChI=1S/C16H18F3N3O/c1-21(2)14-5-3-12(4-6-14)10-22(11-16(17,18)19)15(23)13-7-8-20-9-13/h3-9,20H,10-11H2,1-2H3. The number of halogens is 3. The van der Waals surface area contributed by atoms with Crippen molar-refractivity contribution in [1.82, 2.24) is 9.88 Å². The zero-order chi connectivity index (χ0) is 17.0. The average molecular weight is 325 g/mol. The molecule has 0 aliphatic carbocycles. The lowest BCUT2D eigenvalue weighted by Gasteiger charge is -2.24. The van der Waals surface area contributed by atoms with E-state index >= 15 is 0 Å². The largest absolute Gasteiger partial charge is 0.406 e. The molecule has 1 aromatic heterocycles. The first-order valence-electron chi connectivity index (χ1n) is 7.01. The Morgan fingerprint density at radius 3 is 2.26 bits per heavy atom. The number of nitrogens with one attached hydrogen (secondary N) is 1. The van der Waals surface area contributed by atoms with E-state index in [0.717, 1.165) is 10.6 Å². The van der Waals surface area contributed by atoms with Crippen LogP contribution >= 0.6 is 0 Å². The van der Waals surface area contributed by atoms with Crippen LogP contribution in [0.25, 0.3) is 0 Å². The summed E-state index contributed by atoms with van der Waals surface area (Å²) in [6.07, 6.45) is -1.55. The van der Waals surface area contributed by atoms with Crippen molar-refractivity contribution >= 4 is 11.6 Å². The normalized spacial score (nSPS) is 11.3. The van der Waals surface area contributed by atoms with E-state index in [2.05, 4.69) is 4.98 Å². The molecule has 1 N–H and O–H groups in total. The molecule has 0 fully saturated rings. The third-order valence-corrected chi connectivity index (χ3v) is 3.33. The Kier molecular flexibility index (Phi) is 4.98. The van der Waals surface area contributed by atoms with Gasteiger partial charge in [-0.2, -0.15) is 13.2 Å². The number of H-pyrrole nitrogens is 1. The molecule has 0 radical (unpaired) electrons. The summed E-state index contributed by atoms with van der Waals surface area (Å²) in [5.41, 5.74) is 1.79. The lowest BCUT2D eigenvalue weighted by Crippen LogP contribution is -2.38. The number of aromatic amines is 1. The van der Waals surface area contributed by atoms with Gasteiger partial charge in [-0.1, -0.05) is 12.1 Å². The highest BCUT2D eigenvalue weighted by Gasteiger charge is 2.33. The molecule has 0 saturated heterocycles. The molecule has 1 heterocycles. The van der Waals surface area contributed by atoms with Gasteiger partial charge in [0.1, 0.15) is 6.54 Å². The smallest absolute Gasteiger partial charge is 0.378 e. The van der Waals surface area contributed by atoms with Gasteiger partial charge in [-0.15, -0.1) is 0 Å². The first kappa shape index (κ1) is 16.9. The first-order valence-corrected chi connectivity index (χ1v) is 7.01. The van der Waals surface area contributed by atoms with E-state index in [-0.39, 0.29) is 12.1 Å². The van der Waals surface area contributed by atoms with E-state index in [0.29, 0.717) is 5.56 Å². The fourth-order valence-corrected chi connectivity index (χ4v) is 2.18. The second-order valence-electron chi connectivity index (χ2n) is 5.44. The summed E-state index contributed by atoms with van der Waals surface area (Å²) in [6.45, 7) is -1.39. The molecular formula is C16H18F3N3O. The summed E-state index contributed by atoms with van der Waals surface area (Å²) in [5.74, 6) is -0.653. The zero-order valence-corrected chi connectivity index (χ0v) is 12.9. The number of nitrogens with zero attached hydrogens (tertiary/aromatic N) is 2. The molecule has 7 heteroatoms. The van der Waals surface area contributed by atoms with Crippen LogP contribution in [0.4, 0.5) is 18.9 Å². The topological polar surface area (TPSA) is 39.3 Å². The molecule has 0 bridgehead atoms. The number of anilines is 1. The van der Waals surface area contributed by atoms with Crippen molar-refractivity contribution in [2.45, 2.75) is 12.7 Å². The molecule has 0 spiro atoms. The number of benzene rings is 1. The van der Waals surface area contributed by atoms with E-state index in [9.17, 15) is 18.0 Å². The highest BCUT2D eigenvalue weighted by atomic mass is 19.4. The predicted molar refractivity (Wildman–Crippen MR) is 82.4 cm³/mol. The van der Waals surface area contributed by atoms with Crippen LogP contribution in [0, 0.1) is 0 Å². The zero-order valence-electron chi connectivity index (χ0n) is 12.9. The van der Waals surface area contributed by atoms with E-state index in [4.69, 9.17) is 0 Å². The Bertz CT molecular complexity index is 634. The van der Waals surface area contributed by atoms with Crippen molar-refractivity contribution in [1.29, 1.82) is 0 Å². The van der Waals surface area contributed by atoms with Gasteiger partial charge in [-0.3, -0.25) is 4.79 Å². The number of amides is 1. The number of carbonyl (C=O) groups is 1. The lowest BCUT2D eigenvalue weighted by molar-refractivity contribution is -0.141. The summed E-state index contributed by atoms with van der Waals surface area (Å²) in [7, 11) is 3.75. The van der Waals surface area contributed by atoms with Crippen LogP contribution < -0.4 is 4.90 Å². The Hall–Kier alpha value is -2.44. The van der Waals surface area contributed by atoms with Crippen LogP contribution in [0.5, 0.6) is 0 Å². The van der Waals surface area contributed by atoms with Crippen molar-refractivity contribution < 1.29 is 18.0 Å². The van der Waals surface area contributed by atoms with Crippen LogP contribution in [0.15, 0.2) is 42.7 Å². The molecule has 0 atom stereocenters. The van der Waals surface area contributed by atoms with Crippen LogP contribution in [0.2, 0.25) is 0 Å². The summed E-state index contributed by atoms with van der Waals surface area (Å²) < 4.78 is 38.3. The van der Waals surface area contributed by atoms with Gasteiger partial charge < -0.3 is 14.8 Å². The van der Waals surface area contributed by atoms with Gasteiger partial charge >= 0.3 is 6.18 Å². The van der Waals surface area contributed by atoms with Crippen molar-refractivity contribution in [2.75, 3.05) is 25.5 Å². The summed E-state index contributed by atoms with van der Waals surface area (Å²) >= 11 is 0. The van der Waals surface area contributed by atoms with Crippen molar-refractivity contribution in [3.05, 3.63) is 53.9 Å². The van der Waals surface area contributed by atoms with Crippen molar-refractivity contribution in [3.63, 3.8) is 0 Å². The van der Waals surface area contributed by atoms with Gasteiger partial charge in [-0.25, -0.2) is 0 Å². The van der Waals surface area contributed by atoms with Gasteiger partial charge in [0.15, 0.2) is 0 Å². The number of rotatable bonds is 5. The molecule has 2 rings (SSSR count).